The van der Waals surface area contributed by atoms with Crippen molar-refractivity contribution in [3.8, 4) is 56.7 Å². The van der Waals surface area contributed by atoms with Gasteiger partial charge in [0.1, 0.15) is 5.69 Å². The quantitative estimate of drug-likeness (QED) is 0.209. The van der Waals surface area contributed by atoms with Crippen molar-refractivity contribution < 1.29 is 0 Å². The van der Waals surface area contributed by atoms with Gasteiger partial charge in [-0.05, 0) is 34.0 Å². The monoisotopic (exact) mass is 563 g/mol. The third kappa shape index (κ3) is 4.76. The van der Waals surface area contributed by atoms with Gasteiger partial charge in [-0.2, -0.15) is 0 Å². The molecule has 8 rings (SSSR count). The highest BCUT2D eigenvalue weighted by Gasteiger charge is 2.16. The van der Waals surface area contributed by atoms with E-state index in [1.807, 2.05) is 60.8 Å². The van der Waals surface area contributed by atoms with Crippen molar-refractivity contribution in [2.24, 2.45) is 0 Å². The largest absolute Gasteiger partial charge is 0.256 e. The van der Waals surface area contributed by atoms with Crippen molar-refractivity contribution in [1.82, 2.24) is 24.9 Å². The Morgan fingerprint density at radius 2 is 0.727 bits per heavy atom. The Morgan fingerprint density at radius 1 is 0.295 bits per heavy atom. The molecule has 44 heavy (non-hydrogen) atoms. The first-order valence-electron chi connectivity index (χ1n) is 14.5. The molecule has 0 atom stereocenters. The molecule has 5 heteroatoms. The number of hydrogen-bond acceptors (Lipinski definition) is 5. The zero-order chi connectivity index (χ0) is 29.3. The van der Waals surface area contributed by atoms with Crippen LogP contribution in [0.4, 0.5) is 0 Å². The summed E-state index contributed by atoms with van der Waals surface area (Å²) in [7, 11) is 0. The zero-order valence-corrected chi connectivity index (χ0v) is 23.7. The summed E-state index contributed by atoms with van der Waals surface area (Å²) in [6.07, 6.45) is 3.66. The van der Waals surface area contributed by atoms with E-state index in [9.17, 15) is 0 Å². The number of pyridine rings is 2. The lowest BCUT2D eigenvalue weighted by molar-refractivity contribution is 1.06. The Labute approximate surface area is 254 Å². The number of benzene rings is 5. The summed E-state index contributed by atoms with van der Waals surface area (Å²) < 4.78 is 0. The highest BCUT2D eigenvalue weighted by Crippen LogP contribution is 2.31. The summed E-state index contributed by atoms with van der Waals surface area (Å²) in [5.41, 5.74) is 6.81. The van der Waals surface area contributed by atoms with Gasteiger partial charge in [0, 0.05) is 39.9 Å². The Hall–Kier alpha value is -6.07. The summed E-state index contributed by atoms with van der Waals surface area (Å²) in [5, 5.41) is 4.36. The van der Waals surface area contributed by atoms with E-state index in [1.165, 1.54) is 0 Å². The molecule has 0 saturated carbocycles. The van der Waals surface area contributed by atoms with Gasteiger partial charge in [-0.25, -0.2) is 15.0 Å². The number of fused-ring (bicyclic) bond motifs is 2. The third-order valence-electron chi connectivity index (χ3n) is 7.86. The van der Waals surface area contributed by atoms with E-state index in [2.05, 4.69) is 84.9 Å². The van der Waals surface area contributed by atoms with E-state index in [4.69, 9.17) is 24.9 Å². The van der Waals surface area contributed by atoms with Crippen LogP contribution in [0.25, 0.3) is 78.2 Å². The molecule has 3 heterocycles. The maximum absolute atomic E-state index is 4.97. The molecular formula is C39H25N5. The fraction of sp³-hybridized carbons (Fsp3) is 0. The van der Waals surface area contributed by atoms with Gasteiger partial charge in [0.15, 0.2) is 17.5 Å². The maximum Gasteiger partial charge on any atom is 0.183 e. The maximum atomic E-state index is 4.97. The Bertz CT molecular complexity index is 2250. The second kappa shape index (κ2) is 11.0. The molecule has 0 radical (unpaired) electrons. The van der Waals surface area contributed by atoms with Crippen LogP contribution in [-0.4, -0.2) is 24.9 Å². The van der Waals surface area contributed by atoms with Crippen molar-refractivity contribution in [2.45, 2.75) is 0 Å². The molecule has 0 saturated heterocycles. The minimum Gasteiger partial charge on any atom is -0.256 e. The SMILES string of the molecule is c1ccc(-c2ccc(-c3nc(-c4ccc(-c5nccc6ccccc56)cc4)nc(-c4nccc5ccccc45)n3)cc2)cc1. The van der Waals surface area contributed by atoms with Crippen molar-refractivity contribution in [1.29, 1.82) is 0 Å². The van der Waals surface area contributed by atoms with Crippen molar-refractivity contribution >= 4 is 21.5 Å². The van der Waals surface area contributed by atoms with Gasteiger partial charge in [0.2, 0.25) is 0 Å². The molecule has 8 aromatic rings. The van der Waals surface area contributed by atoms with Crippen LogP contribution in [0, 0.1) is 0 Å². The predicted octanol–water partition coefficient (Wildman–Crippen LogP) is 9.30. The molecule has 0 N–H and O–H groups in total. The molecule has 5 nitrogen and oxygen atoms in total. The Kier molecular flexibility index (Phi) is 6.39. The lowest BCUT2D eigenvalue weighted by atomic mass is 10.0. The first kappa shape index (κ1) is 25.6. The lowest BCUT2D eigenvalue weighted by Gasteiger charge is -2.11. The van der Waals surface area contributed by atoms with E-state index < -0.39 is 0 Å². The van der Waals surface area contributed by atoms with Gasteiger partial charge in [-0.15, -0.1) is 0 Å². The molecule has 0 aliphatic carbocycles. The molecule has 3 aromatic heterocycles. The number of hydrogen-bond donors (Lipinski definition) is 0. The molecule has 5 aromatic carbocycles. The number of nitrogens with zero attached hydrogens (tertiary/aromatic N) is 5. The minimum absolute atomic E-state index is 0.536. The smallest absolute Gasteiger partial charge is 0.183 e. The Morgan fingerprint density at radius 3 is 1.34 bits per heavy atom. The average Bonchev–Trinajstić information content (AvgIpc) is 3.11. The molecule has 206 valence electrons. The fourth-order valence-corrected chi connectivity index (χ4v) is 5.61. The van der Waals surface area contributed by atoms with E-state index in [0.29, 0.717) is 17.5 Å². The van der Waals surface area contributed by atoms with E-state index in [1.54, 1.807) is 6.20 Å². The molecular weight excluding hydrogens is 538 g/mol. The topological polar surface area (TPSA) is 64.5 Å². The van der Waals surface area contributed by atoms with Crippen molar-refractivity contribution in [3.63, 3.8) is 0 Å². The highest BCUT2D eigenvalue weighted by atomic mass is 15.0. The Balaban J connectivity index is 1.25. The number of rotatable bonds is 5. The number of aromatic nitrogens is 5. The van der Waals surface area contributed by atoms with Gasteiger partial charge in [-0.3, -0.25) is 9.97 Å². The van der Waals surface area contributed by atoms with E-state index in [-0.39, 0.29) is 0 Å². The summed E-state index contributed by atoms with van der Waals surface area (Å²) >= 11 is 0. The first-order valence-corrected chi connectivity index (χ1v) is 14.5. The van der Waals surface area contributed by atoms with Crippen LogP contribution in [0.1, 0.15) is 0 Å². The van der Waals surface area contributed by atoms with Gasteiger partial charge < -0.3 is 0 Å². The average molecular weight is 564 g/mol. The van der Waals surface area contributed by atoms with Crippen LogP contribution in [0.15, 0.2) is 152 Å². The predicted molar refractivity (Wildman–Crippen MR) is 178 cm³/mol. The highest BCUT2D eigenvalue weighted by molar-refractivity contribution is 5.95. The van der Waals surface area contributed by atoms with Gasteiger partial charge >= 0.3 is 0 Å². The second-order valence-electron chi connectivity index (χ2n) is 10.6. The van der Waals surface area contributed by atoms with Crippen LogP contribution in [0.5, 0.6) is 0 Å². The summed E-state index contributed by atoms with van der Waals surface area (Å²) in [4.78, 5) is 24.3. The molecule has 0 fully saturated rings. The lowest BCUT2D eigenvalue weighted by Crippen LogP contribution is -2.01. The van der Waals surface area contributed by atoms with Gasteiger partial charge in [0.05, 0.1) is 5.69 Å². The molecule has 0 aliphatic rings. The van der Waals surface area contributed by atoms with E-state index in [0.717, 1.165) is 60.8 Å². The van der Waals surface area contributed by atoms with Crippen LogP contribution in [0.3, 0.4) is 0 Å². The normalized spacial score (nSPS) is 11.2. The molecule has 0 bridgehead atoms. The van der Waals surface area contributed by atoms with Gasteiger partial charge in [0.25, 0.3) is 0 Å². The van der Waals surface area contributed by atoms with Crippen LogP contribution < -0.4 is 0 Å². The zero-order valence-electron chi connectivity index (χ0n) is 23.7. The molecule has 0 aliphatic heterocycles. The minimum atomic E-state index is 0.536. The summed E-state index contributed by atoms with van der Waals surface area (Å²) in [6.45, 7) is 0. The molecule has 0 unspecified atom stereocenters. The molecule has 0 amide bonds. The van der Waals surface area contributed by atoms with Crippen LogP contribution in [0.2, 0.25) is 0 Å². The second-order valence-corrected chi connectivity index (χ2v) is 10.6. The van der Waals surface area contributed by atoms with Crippen molar-refractivity contribution in [2.75, 3.05) is 0 Å². The van der Waals surface area contributed by atoms with Crippen molar-refractivity contribution in [3.05, 3.63) is 152 Å². The standard InChI is InChI=1S/C39H25N5/c1-2-8-26(9-3-1)27-14-18-31(19-15-27)37-42-38(44-39(43-37)36-34-13-7-5-11-29(34)23-25-41-36)32-20-16-30(17-21-32)35-33-12-6-4-10-28(33)22-24-40-35/h1-25H. The van der Waals surface area contributed by atoms with Gasteiger partial charge in [-0.1, -0.05) is 127 Å². The summed E-state index contributed by atoms with van der Waals surface area (Å²) in [6, 6.07) is 47.5. The fourth-order valence-electron chi connectivity index (χ4n) is 5.61. The molecule has 0 spiro atoms. The van der Waals surface area contributed by atoms with Crippen LogP contribution in [-0.2, 0) is 0 Å². The van der Waals surface area contributed by atoms with Crippen LogP contribution >= 0.6 is 0 Å². The third-order valence-corrected chi connectivity index (χ3v) is 7.86. The summed E-state index contributed by atoms with van der Waals surface area (Å²) in [5.74, 6) is 1.72. The van der Waals surface area contributed by atoms with E-state index >= 15 is 0 Å². The first-order chi connectivity index (χ1) is 21.8.